The number of nitrogens with two attached hydrogens (primary N) is 1. The summed E-state index contributed by atoms with van der Waals surface area (Å²) in [4.78, 5) is 12.4. The van der Waals surface area contributed by atoms with Crippen molar-refractivity contribution in [1.82, 2.24) is 15.1 Å². The highest BCUT2D eigenvalue weighted by Crippen LogP contribution is 2.15. The molecule has 1 heterocycles. The van der Waals surface area contributed by atoms with Crippen LogP contribution in [0, 0.1) is 0 Å². The maximum absolute atomic E-state index is 12.4. The minimum atomic E-state index is -0.313. The third-order valence-corrected chi connectivity index (χ3v) is 3.85. The number of hydrogen-bond acceptors (Lipinski definition) is 3. The monoisotopic (exact) mass is 266 g/mol. The molecule has 0 fully saturated rings. The molecule has 5 nitrogen and oxygen atoms in total. The van der Waals surface area contributed by atoms with Crippen molar-refractivity contribution in [2.45, 2.75) is 59.0 Å². The molecule has 0 radical (unpaired) electrons. The molecule has 0 unspecified atom stereocenters. The highest BCUT2D eigenvalue weighted by molar-refractivity contribution is 5.93. The molecule has 1 amide bonds. The predicted octanol–water partition coefficient (Wildman–Crippen LogP) is 1.71. The molecule has 5 heteroatoms. The van der Waals surface area contributed by atoms with Crippen molar-refractivity contribution in [2.24, 2.45) is 5.73 Å². The summed E-state index contributed by atoms with van der Waals surface area (Å²) in [6.07, 6.45) is 2.48. The lowest BCUT2D eigenvalue weighted by atomic mass is 9.93. The van der Waals surface area contributed by atoms with Crippen molar-refractivity contribution in [1.29, 1.82) is 0 Å². The third kappa shape index (κ3) is 3.35. The van der Waals surface area contributed by atoms with Crippen LogP contribution in [0.5, 0.6) is 0 Å². The van der Waals surface area contributed by atoms with Crippen molar-refractivity contribution in [2.75, 3.05) is 6.54 Å². The van der Waals surface area contributed by atoms with Gasteiger partial charge in [-0.2, -0.15) is 5.10 Å². The highest BCUT2D eigenvalue weighted by atomic mass is 16.2. The van der Waals surface area contributed by atoms with E-state index in [1.165, 1.54) is 0 Å². The lowest BCUT2D eigenvalue weighted by Gasteiger charge is -2.31. The summed E-state index contributed by atoms with van der Waals surface area (Å²) in [5, 5.41) is 7.48. The lowest BCUT2D eigenvalue weighted by Crippen LogP contribution is -2.53. The van der Waals surface area contributed by atoms with Crippen molar-refractivity contribution in [3.05, 3.63) is 17.5 Å². The molecule has 3 N–H and O–H groups in total. The SMILES string of the molecule is CCc1cc(C(=O)NC(CC)(CC)CN)n(CC)n1. The molecule has 0 aliphatic carbocycles. The normalized spacial score (nSPS) is 11.6. The summed E-state index contributed by atoms with van der Waals surface area (Å²) in [5.74, 6) is -0.0804. The van der Waals surface area contributed by atoms with Crippen LogP contribution in [0.1, 0.15) is 56.7 Å². The van der Waals surface area contributed by atoms with Gasteiger partial charge in [0.2, 0.25) is 0 Å². The van der Waals surface area contributed by atoms with Gasteiger partial charge in [-0.1, -0.05) is 20.8 Å². The molecule has 0 atom stereocenters. The molecule has 0 aliphatic rings. The van der Waals surface area contributed by atoms with Crippen LogP contribution < -0.4 is 11.1 Å². The Morgan fingerprint density at radius 2 is 2.00 bits per heavy atom. The summed E-state index contributed by atoms with van der Waals surface area (Å²) in [5.41, 5.74) is 7.07. The minimum Gasteiger partial charge on any atom is -0.344 e. The van der Waals surface area contributed by atoms with E-state index < -0.39 is 0 Å². The summed E-state index contributed by atoms with van der Waals surface area (Å²) in [7, 11) is 0. The Labute approximate surface area is 115 Å². The predicted molar refractivity (Wildman–Crippen MR) is 77.1 cm³/mol. The first-order valence-corrected chi connectivity index (χ1v) is 7.15. The van der Waals surface area contributed by atoms with E-state index in [4.69, 9.17) is 5.73 Å². The molecule has 0 saturated heterocycles. The Balaban J connectivity index is 2.97. The number of aromatic nitrogens is 2. The molecule has 19 heavy (non-hydrogen) atoms. The van der Waals surface area contributed by atoms with Gasteiger partial charge in [0.1, 0.15) is 5.69 Å². The van der Waals surface area contributed by atoms with Gasteiger partial charge in [-0.15, -0.1) is 0 Å². The van der Waals surface area contributed by atoms with E-state index in [9.17, 15) is 4.79 Å². The number of nitrogens with zero attached hydrogens (tertiary/aromatic N) is 2. The first kappa shape index (κ1) is 15.7. The van der Waals surface area contributed by atoms with Crippen molar-refractivity contribution in [3.63, 3.8) is 0 Å². The lowest BCUT2D eigenvalue weighted by molar-refractivity contribution is 0.0884. The zero-order chi connectivity index (χ0) is 14.5. The van der Waals surface area contributed by atoms with Crippen LogP contribution >= 0.6 is 0 Å². The second-order valence-corrected chi connectivity index (χ2v) is 4.84. The largest absolute Gasteiger partial charge is 0.344 e. The van der Waals surface area contributed by atoms with Crippen LogP contribution in [-0.4, -0.2) is 27.8 Å². The van der Waals surface area contributed by atoms with Gasteiger partial charge in [0.25, 0.3) is 5.91 Å². The van der Waals surface area contributed by atoms with Gasteiger partial charge >= 0.3 is 0 Å². The molecule has 108 valence electrons. The van der Waals surface area contributed by atoms with E-state index in [0.717, 1.165) is 25.0 Å². The maximum atomic E-state index is 12.4. The summed E-state index contributed by atoms with van der Waals surface area (Å²) < 4.78 is 1.75. The Kier molecular flexibility index (Phi) is 5.54. The Morgan fingerprint density at radius 3 is 2.42 bits per heavy atom. The maximum Gasteiger partial charge on any atom is 0.270 e. The van der Waals surface area contributed by atoms with E-state index in [1.807, 2.05) is 33.8 Å². The number of hydrogen-bond donors (Lipinski definition) is 2. The van der Waals surface area contributed by atoms with Crippen LogP contribution in [0.25, 0.3) is 0 Å². The quantitative estimate of drug-likeness (QED) is 0.789. The molecule has 0 bridgehead atoms. The van der Waals surface area contributed by atoms with Crippen LogP contribution in [0.4, 0.5) is 0 Å². The van der Waals surface area contributed by atoms with E-state index in [2.05, 4.69) is 10.4 Å². The smallest absolute Gasteiger partial charge is 0.270 e. The van der Waals surface area contributed by atoms with Crippen LogP contribution in [-0.2, 0) is 13.0 Å². The summed E-state index contributed by atoms with van der Waals surface area (Å²) in [6.45, 7) is 9.26. The zero-order valence-electron chi connectivity index (χ0n) is 12.5. The summed E-state index contributed by atoms with van der Waals surface area (Å²) >= 11 is 0. The van der Waals surface area contributed by atoms with Gasteiger partial charge < -0.3 is 11.1 Å². The number of amides is 1. The fourth-order valence-electron chi connectivity index (χ4n) is 2.14. The standard InChI is InChI=1S/C14H26N4O/c1-5-11-9-12(18(8-4)17-11)13(19)16-14(6-2,7-3)10-15/h9H,5-8,10,15H2,1-4H3,(H,16,19). The number of carbonyl (C=O) groups excluding carboxylic acids is 1. The molecular weight excluding hydrogens is 240 g/mol. The average molecular weight is 266 g/mol. The number of aryl methyl sites for hydroxylation is 2. The van der Waals surface area contributed by atoms with E-state index in [1.54, 1.807) is 4.68 Å². The number of rotatable bonds is 7. The Hall–Kier alpha value is -1.36. The fraction of sp³-hybridized carbons (Fsp3) is 0.714. The Morgan fingerprint density at radius 1 is 1.37 bits per heavy atom. The van der Waals surface area contributed by atoms with Gasteiger partial charge in [-0.3, -0.25) is 9.48 Å². The molecular formula is C14H26N4O. The zero-order valence-corrected chi connectivity index (χ0v) is 12.5. The molecule has 1 rings (SSSR count). The second kappa shape index (κ2) is 6.70. The second-order valence-electron chi connectivity index (χ2n) is 4.84. The average Bonchev–Trinajstić information content (AvgIpc) is 2.88. The van der Waals surface area contributed by atoms with Gasteiger partial charge in [-0.05, 0) is 32.3 Å². The third-order valence-electron chi connectivity index (χ3n) is 3.85. The van der Waals surface area contributed by atoms with Crippen molar-refractivity contribution >= 4 is 5.91 Å². The Bertz CT molecular complexity index is 413. The van der Waals surface area contributed by atoms with E-state index >= 15 is 0 Å². The first-order chi connectivity index (χ1) is 9.05. The molecule has 0 saturated carbocycles. The van der Waals surface area contributed by atoms with Crippen LogP contribution in [0.2, 0.25) is 0 Å². The van der Waals surface area contributed by atoms with E-state index in [-0.39, 0.29) is 11.4 Å². The molecule has 0 aromatic carbocycles. The van der Waals surface area contributed by atoms with Crippen LogP contribution in [0.15, 0.2) is 6.07 Å². The molecule has 1 aromatic heterocycles. The van der Waals surface area contributed by atoms with Gasteiger partial charge in [0.15, 0.2) is 0 Å². The molecule has 1 aromatic rings. The van der Waals surface area contributed by atoms with Crippen molar-refractivity contribution < 1.29 is 4.79 Å². The first-order valence-electron chi connectivity index (χ1n) is 7.15. The number of carbonyl (C=O) groups is 1. The number of nitrogens with one attached hydrogen (secondary N) is 1. The minimum absolute atomic E-state index is 0.0804. The highest BCUT2D eigenvalue weighted by Gasteiger charge is 2.28. The van der Waals surface area contributed by atoms with Gasteiger partial charge in [-0.25, -0.2) is 0 Å². The van der Waals surface area contributed by atoms with Gasteiger partial charge in [0.05, 0.1) is 11.2 Å². The van der Waals surface area contributed by atoms with Crippen LogP contribution in [0.3, 0.4) is 0 Å². The van der Waals surface area contributed by atoms with E-state index in [0.29, 0.717) is 18.8 Å². The topological polar surface area (TPSA) is 72.9 Å². The van der Waals surface area contributed by atoms with Gasteiger partial charge in [0, 0.05) is 13.1 Å². The molecule has 0 spiro atoms. The summed E-state index contributed by atoms with van der Waals surface area (Å²) in [6, 6.07) is 1.87. The fourth-order valence-corrected chi connectivity index (χ4v) is 2.14. The van der Waals surface area contributed by atoms with Crippen molar-refractivity contribution in [3.8, 4) is 0 Å². The molecule has 0 aliphatic heterocycles.